The Kier molecular flexibility index (Phi) is 6.44. The lowest BCUT2D eigenvalue weighted by molar-refractivity contribution is -0.428. The van der Waals surface area contributed by atoms with Crippen molar-refractivity contribution in [3.05, 3.63) is 35.4 Å². The summed E-state index contributed by atoms with van der Waals surface area (Å²) in [7, 11) is 0. The minimum Gasteiger partial charge on any atom is -0.550 e. The molecule has 0 unspecified atom stereocenters. The van der Waals surface area contributed by atoms with E-state index in [4.69, 9.17) is 0 Å². The van der Waals surface area contributed by atoms with Gasteiger partial charge in [0.1, 0.15) is 6.04 Å². The van der Waals surface area contributed by atoms with Crippen molar-refractivity contribution in [2.24, 2.45) is 0 Å². The molecule has 0 aliphatic rings. The minimum absolute atomic E-state index is 0.126. The van der Waals surface area contributed by atoms with Crippen molar-refractivity contribution in [2.45, 2.75) is 51.5 Å². The predicted octanol–water partition coefficient (Wildman–Crippen LogP) is 1.23. The molecule has 0 heterocycles. The molecule has 0 aliphatic heterocycles. The standard InChI is InChI=1S/C15H23NO2/c1-2-3-5-12-8-10-13(11-9-12)14(16)6-4-7-15(17)18/h8-11,14H,2-7,16H2,1H3,(H,17,18)/t14-/m0/s1. The van der Waals surface area contributed by atoms with Gasteiger partial charge in [-0.3, -0.25) is 0 Å². The van der Waals surface area contributed by atoms with E-state index in [0.29, 0.717) is 6.42 Å². The van der Waals surface area contributed by atoms with Gasteiger partial charge >= 0.3 is 0 Å². The summed E-state index contributed by atoms with van der Waals surface area (Å²) in [6.45, 7) is 2.19. The smallest absolute Gasteiger partial charge is 0.110 e. The SMILES string of the molecule is CCCCc1ccc([C@@H]([NH3+])CCCC(=O)[O-])cc1. The molecular weight excluding hydrogens is 226 g/mol. The topological polar surface area (TPSA) is 67.8 Å². The van der Waals surface area contributed by atoms with E-state index in [1.165, 1.54) is 24.0 Å². The highest BCUT2D eigenvalue weighted by Crippen LogP contribution is 2.16. The maximum absolute atomic E-state index is 10.3. The van der Waals surface area contributed by atoms with Gasteiger partial charge < -0.3 is 15.6 Å². The summed E-state index contributed by atoms with van der Waals surface area (Å²) in [6, 6.07) is 8.71. The molecule has 0 saturated heterocycles. The zero-order chi connectivity index (χ0) is 13.4. The number of carboxylic acid groups (broad SMARTS) is 1. The van der Waals surface area contributed by atoms with Crippen molar-refractivity contribution in [1.82, 2.24) is 0 Å². The second kappa shape index (κ2) is 7.88. The number of carbonyl (C=O) groups is 1. The molecule has 0 saturated carbocycles. The van der Waals surface area contributed by atoms with Crippen LogP contribution in [0.25, 0.3) is 0 Å². The molecule has 1 atom stereocenters. The summed E-state index contributed by atoms with van der Waals surface area (Å²) in [5.41, 5.74) is 6.64. The van der Waals surface area contributed by atoms with Crippen LogP contribution in [0, 0.1) is 0 Å². The number of hydrogen-bond acceptors (Lipinski definition) is 2. The van der Waals surface area contributed by atoms with Crippen LogP contribution in [0.3, 0.4) is 0 Å². The zero-order valence-electron chi connectivity index (χ0n) is 11.2. The second-order valence-corrected chi connectivity index (χ2v) is 4.81. The number of hydrogen-bond donors (Lipinski definition) is 1. The van der Waals surface area contributed by atoms with E-state index >= 15 is 0 Å². The second-order valence-electron chi connectivity index (χ2n) is 4.81. The van der Waals surface area contributed by atoms with Gasteiger partial charge in [-0.15, -0.1) is 0 Å². The maximum atomic E-state index is 10.3. The van der Waals surface area contributed by atoms with Gasteiger partial charge in [0, 0.05) is 18.0 Å². The monoisotopic (exact) mass is 249 g/mol. The summed E-state index contributed by atoms with van der Waals surface area (Å²) >= 11 is 0. The largest absolute Gasteiger partial charge is 0.550 e. The number of carboxylic acids is 1. The Morgan fingerprint density at radius 1 is 1.28 bits per heavy atom. The first-order chi connectivity index (χ1) is 8.63. The van der Waals surface area contributed by atoms with E-state index < -0.39 is 5.97 Å². The fourth-order valence-electron chi connectivity index (χ4n) is 2.00. The molecule has 0 fully saturated rings. The number of carbonyl (C=O) groups excluding carboxylic acids is 1. The van der Waals surface area contributed by atoms with Gasteiger partial charge in [-0.1, -0.05) is 37.6 Å². The number of rotatable bonds is 8. The molecule has 18 heavy (non-hydrogen) atoms. The van der Waals surface area contributed by atoms with E-state index in [1.807, 2.05) is 0 Å². The Labute approximate surface area is 109 Å². The van der Waals surface area contributed by atoms with E-state index in [-0.39, 0.29) is 12.5 Å². The van der Waals surface area contributed by atoms with E-state index in [1.54, 1.807) is 0 Å². The van der Waals surface area contributed by atoms with E-state index in [0.717, 1.165) is 12.8 Å². The van der Waals surface area contributed by atoms with Gasteiger partial charge in [0.25, 0.3) is 0 Å². The van der Waals surface area contributed by atoms with Gasteiger partial charge in [0.2, 0.25) is 0 Å². The molecule has 1 aromatic carbocycles. The molecule has 0 aromatic heterocycles. The number of aryl methyl sites for hydroxylation is 1. The zero-order valence-corrected chi connectivity index (χ0v) is 11.2. The van der Waals surface area contributed by atoms with Crippen LogP contribution >= 0.6 is 0 Å². The summed E-state index contributed by atoms with van der Waals surface area (Å²) in [5.74, 6) is -0.975. The molecule has 0 spiro atoms. The molecule has 3 N–H and O–H groups in total. The quantitative estimate of drug-likeness (QED) is 0.753. The molecule has 0 bridgehead atoms. The van der Waals surface area contributed by atoms with Crippen LogP contribution in [-0.4, -0.2) is 5.97 Å². The highest BCUT2D eigenvalue weighted by Gasteiger charge is 2.08. The Hall–Kier alpha value is -1.35. The number of unbranched alkanes of at least 4 members (excludes halogenated alkanes) is 1. The molecule has 3 heteroatoms. The lowest BCUT2D eigenvalue weighted by Crippen LogP contribution is -2.53. The highest BCUT2D eigenvalue weighted by molar-refractivity contribution is 5.64. The van der Waals surface area contributed by atoms with Crippen LogP contribution < -0.4 is 10.8 Å². The van der Waals surface area contributed by atoms with E-state index in [2.05, 4.69) is 36.9 Å². The van der Waals surface area contributed by atoms with Crippen molar-refractivity contribution in [3.8, 4) is 0 Å². The van der Waals surface area contributed by atoms with Gasteiger partial charge in [-0.05, 0) is 31.2 Å². The summed E-state index contributed by atoms with van der Waals surface area (Å²) in [6.07, 6.45) is 5.11. The average Bonchev–Trinajstić information content (AvgIpc) is 2.36. The van der Waals surface area contributed by atoms with Crippen molar-refractivity contribution in [1.29, 1.82) is 0 Å². The third-order valence-corrected chi connectivity index (χ3v) is 3.20. The maximum Gasteiger partial charge on any atom is 0.110 e. The highest BCUT2D eigenvalue weighted by atomic mass is 16.4. The first-order valence-electron chi connectivity index (χ1n) is 6.75. The molecule has 0 aliphatic carbocycles. The van der Waals surface area contributed by atoms with Crippen LogP contribution in [-0.2, 0) is 11.2 Å². The normalized spacial score (nSPS) is 12.3. The van der Waals surface area contributed by atoms with Crippen LogP contribution in [0.5, 0.6) is 0 Å². The molecule has 3 nitrogen and oxygen atoms in total. The Bertz CT molecular complexity index is 359. The third kappa shape index (κ3) is 5.32. The van der Waals surface area contributed by atoms with Crippen molar-refractivity contribution < 1.29 is 15.6 Å². The van der Waals surface area contributed by atoms with Gasteiger partial charge in [-0.25, -0.2) is 0 Å². The first kappa shape index (κ1) is 14.7. The first-order valence-corrected chi connectivity index (χ1v) is 6.75. The van der Waals surface area contributed by atoms with Crippen molar-refractivity contribution in [3.63, 3.8) is 0 Å². The molecule has 1 aromatic rings. The predicted molar refractivity (Wildman–Crippen MR) is 69.5 cm³/mol. The van der Waals surface area contributed by atoms with Crippen molar-refractivity contribution >= 4 is 5.97 Å². The Morgan fingerprint density at radius 2 is 1.94 bits per heavy atom. The Balaban J connectivity index is 2.43. The van der Waals surface area contributed by atoms with Crippen LogP contribution in [0.15, 0.2) is 24.3 Å². The van der Waals surface area contributed by atoms with Gasteiger partial charge in [0.05, 0.1) is 0 Å². The summed E-state index contributed by atoms with van der Waals surface area (Å²) in [5, 5.41) is 10.3. The molecular formula is C15H23NO2. The van der Waals surface area contributed by atoms with Gasteiger partial charge in [-0.2, -0.15) is 0 Å². The van der Waals surface area contributed by atoms with Crippen LogP contribution in [0.1, 0.15) is 56.2 Å². The van der Waals surface area contributed by atoms with Crippen molar-refractivity contribution in [2.75, 3.05) is 0 Å². The minimum atomic E-state index is -0.975. The lowest BCUT2D eigenvalue weighted by Gasteiger charge is -2.10. The molecule has 100 valence electrons. The molecule has 0 amide bonds. The van der Waals surface area contributed by atoms with E-state index in [9.17, 15) is 9.90 Å². The Morgan fingerprint density at radius 3 is 2.50 bits per heavy atom. The number of benzene rings is 1. The van der Waals surface area contributed by atoms with Crippen LogP contribution in [0.4, 0.5) is 0 Å². The number of quaternary nitrogens is 1. The lowest BCUT2D eigenvalue weighted by atomic mass is 9.99. The molecule has 1 rings (SSSR count). The van der Waals surface area contributed by atoms with Crippen LogP contribution in [0.2, 0.25) is 0 Å². The fraction of sp³-hybridized carbons (Fsp3) is 0.533. The fourth-order valence-corrected chi connectivity index (χ4v) is 2.00. The number of aliphatic carboxylic acids is 1. The average molecular weight is 249 g/mol. The molecule has 0 radical (unpaired) electrons. The third-order valence-electron chi connectivity index (χ3n) is 3.20. The van der Waals surface area contributed by atoms with Gasteiger partial charge in [0.15, 0.2) is 0 Å². The summed E-state index contributed by atoms with van der Waals surface area (Å²) in [4.78, 5) is 10.3. The summed E-state index contributed by atoms with van der Waals surface area (Å²) < 4.78 is 0.